The molecule has 7 nitrogen and oxygen atoms in total. The van der Waals surface area contributed by atoms with Gasteiger partial charge in [0.15, 0.2) is 0 Å². The number of rotatable bonds is 5. The van der Waals surface area contributed by atoms with E-state index in [2.05, 4.69) is 20.3 Å². The van der Waals surface area contributed by atoms with E-state index in [4.69, 9.17) is 4.74 Å². The van der Waals surface area contributed by atoms with Crippen LogP contribution in [0.5, 0.6) is 0 Å². The molecule has 2 aromatic heterocycles. The van der Waals surface area contributed by atoms with Crippen LogP contribution in [0.4, 0.5) is 0 Å². The molecule has 3 rings (SSSR count). The minimum atomic E-state index is -0.502. The maximum absolute atomic E-state index is 10.1. The summed E-state index contributed by atoms with van der Waals surface area (Å²) < 4.78 is 5.28. The van der Waals surface area contributed by atoms with Crippen LogP contribution >= 0.6 is 11.3 Å². The molecule has 20 heavy (non-hydrogen) atoms. The van der Waals surface area contributed by atoms with Gasteiger partial charge in [-0.3, -0.25) is 4.90 Å². The minimum absolute atomic E-state index is 0.356. The van der Waals surface area contributed by atoms with Gasteiger partial charge in [-0.05, 0) is 16.7 Å². The van der Waals surface area contributed by atoms with E-state index in [1.807, 2.05) is 16.8 Å². The summed E-state index contributed by atoms with van der Waals surface area (Å²) in [6.07, 6.45) is -0.502. The first-order valence-corrected chi connectivity index (χ1v) is 7.54. The molecule has 0 radical (unpaired) electrons. The van der Waals surface area contributed by atoms with E-state index >= 15 is 0 Å². The van der Waals surface area contributed by atoms with Gasteiger partial charge in [0, 0.05) is 30.6 Å². The average molecular weight is 295 g/mol. The lowest BCUT2D eigenvalue weighted by atomic mass is 10.3. The second-order valence-corrected chi connectivity index (χ2v) is 5.53. The molecule has 108 valence electrons. The van der Waals surface area contributed by atoms with Crippen molar-refractivity contribution in [3.05, 3.63) is 16.8 Å². The molecule has 2 aromatic rings. The first kappa shape index (κ1) is 13.6. The van der Waals surface area contributed by atoms with Crippen LogP contribution in [0.2, 0.25) is 0 Å². The maximum atomic E-state index is 10.1. The number of aliphatic hydroxyl groups excluding tert-OH is 1. The summed E-state index contributed by atoms with van der Waals surface area (Å²) in [6.45, 7) is 4.16. The van der Waals surface area contributed by atoms with Gasteiger partial charge < -0.3 is 9.84 Å². The number of morpholine rings is 1. The van der Waals surface area contributed by atoms with E-state index in [0.717, 1.165) is 31.9 Å². The zero-order valence-corrected chi connectivity index (χ0v) is 11.9. The van der Waals surface area contributed by atoms with Crippen LogP contribution in [-0.2, 0) is 11.3 Å². The van der Waals surface area contributed by atoms with Crippen LogP contribution in [0.1, 0.15) is 0 Å². The summed E-state index contributed by atoms with van der Waals surface area (Å²) in [5.74, 6) is 0.602. The molecule has 1 fully saturated rings. The van der Waals surface area contributed by atoms with E-state index in [-0.39, 0.29) is 0 Å². The average Bonchev–Trinajstić information content (AvgIpc) is 3.10. The Hall–Kier alpha value is -1.35. The molecule has 1 aliphatic heterocycles. The first-order chi connectivity index (χ1) is 9.81. The monoisotopic (exact) mass is 295 g/mol. The third kappa shape index (κ3) is 3.40. The normalized spacial score (nSPS) is 18.2. The standard InChI is InChI=1S/C12H17N5O2S/c18-11(7-16-2-4-19-5-3-16)8-17-14-12(13-15-17)10-1-6-20-9-10/h1,6,9,11,18H,2-5,7-8H2. The summed E-state index contributed by atoms with van der Waals surface area (Å²) in [5.41, 5.74) is 0.962. The highest BCUT2D eigenvalue weighted by molar-refractivity contribution is 7.08. The number of aromatic nitrogens is 4. The van der Waals surface area contributed by atoms with Gasteiger partial charge in [0.2, 0.25) is 5.82 Å². The Morgan fingerprint density at radius 1 is 1.35 bits per heavy atom. The van der Waals surface area contributed by atoms with Crippen molar-refractivity contribution >= 4 is 11.3 Å². The molecule has 0 saturated carbocycles. The van der Waals surface area contributed by atoms with Crippen LogP contribution in [-0.4, -0.2) is 69.2 Å². The Morgan fingerprint density at radius 3 is 2.95 bits per heavy atom. The maximum Gasteiger partial charge on any atom is 0.205 e. The van der Waals surface area contributed by atoms with E-state index < -0.39 is 6.10 Å². The van der Waals surface area contributed by atoms with Gasteiger partial charge in [0.25, 0.3) is 0 Å². The SMILES string of the molecule is OC(CN1CCOCC1)Cn1nnc(-c2ccsc2)n1. The Kier molecular flexibility index (Phi) is 4.36. The van der Waals surface area contributed by atoms with Crippen molar-refractivity contribution in [2.75, 3.05) is 32.8 Å². The molecule has 8 heteroatoms. The Balaban J connectivity index is 1.54. The molecule has 3 heterocycles. The molecule has 0 amide bonds. The third-order valence-corrected chi connectivity index (χ3v) is 3.86. The number of tetrazole rings is 1. The van der Waals surface area contributed by atoms with Crippen molar-refractivity contribution in [3.63, 3.8) is 0 Å². The molecule has 1 atom stereocenters. The molecular formula is C12H17N5O2S. The zero-order valence-electron chi connectivity index (χ0n) is 11.1. The summed E-state index contributed by atoms with van der Waals surface area (Å²) in [5, 5.41) is 26.3. The largest absolute Gasteiger partial charge is 0.390 e. The Bertz CT molecular complexity index is 524. The number of hydrogen-bond acceptors (Lipinski definition) is 7. The Labute approximate surface area is 120 Å². The van der Waals surface area contributed by atoms with Gasteiger partial charge in [-0.1, -0.05) is 0 Å². The highest BCUT2D eigenvalue weighted by Crippen LogP contribution is 2.16. The van der Waals surface area contributed by atoms with Gasteiger partial charge in [0.1, 0.15) is 0 Å². The second kappa shape index (κ2) is 6.40. The molecule has 0 bridgehead atoms. The summed E-state index contributed by atoms with van der Waals surface area (Å²) in [7, 11) is 0. The first-order valence-electron chi connectivity index (χ1n) is 6.60. The fourth-order valence-corrected chi connectivity index (χ4v) is 2.79. The van der Waals surface area contributed by atoms with E-state index in [1.54, 1.807) is 11.3 Å². The van der Waals surface area contributed by atoms with Crippen molar-refractivity contribution in [1.29, 1.82) is 0 Å². The molecule has 1 aliphatic rings. The minimum Gasteiger partial charge on any atom is -0.390 e. The molecule has 0 spiro atoms. The fourth-order valence-electron chi connectivity index (χ4n) is 2.16. The number of nitrogens with zero attached hydrogens (tertiary/aromatic N) is 5. The highest BCUT2D eigenvalue weighted by atomic mass is 32.1. The summed E-state index contributed by atoms with van der Waals surface area (Å²) in [6, 6.07) is 1.95. The number of β-amino-alcohol motifs (C(OH)–C–C–N with tert-alkyl or cyclic N) is 1. The topological polar surface area (TPSA) is 76.3 Å². The van der Waals surface area contributed by atoms with Crippen molar-refractivity contribution in [3.8, 4) is 11.4 Å². The lowest BCUT2D eigenvalue weighted by Gasteiger charge is -2.28. The van der Waals surface area contributed by atoms with Crippen molar-refractivity contribution in [2.24, 2.45) is 0 Å². The van der Waals surface area contributed by atoms with E-state index in [0.29, 0.717) is 18.9 Å². The lowest BCUT2D eigenvalue weighted by Crippen LogP contribution is -2.42. The predicted molar refractivity (Wildman–Crippen MR) is 74.4 cm³/mol. The number of hydrogen-bond donors (Lipinski definition) is 1. The van der Waals surface area contributed by atoms with Crippen LogP contribution in [0.25, 0.3) is 11.4 Å². The molecule has 1 unspecified atom stereocenters. The van der Waals surface area contributed by atoms with Crippen LogP contribution in [0, 0.1) is 0 Å². The quantitative estimate of drug-likeness (QED) is 0.843. The zero-order chi connectivity index (χ0) is 13.8. The fraction of sp³-hybridized carbons (Fsp3) is 0.583. The predicted octanol–water partition coefficient (Wildman–Crippen LogP) is 0.0947. The van der Waals surface area contributed by atoms with E-state index in [1.165, 1.54) is 4.80 Å². The van der Waals surface area contributed by atoms with Crippen molar-refractivity contribution < 1.29 is 9.84 Å². The summed E-state index contributed by atoms with van der Waals surface area (Å²) in [4.78, 5) is 3.64. The van der Waals surface area contributed by atoms with Crippen LogP contribution in [0.3, 0.4) is 0 Å². The number of thiophene rings is 1. The van der Waals surface area contributed by atoms with Gasteiger partial charge in [0.05, 0.1) is 25.9 Å². The number of aliphatic hydroxyl groups is 1. The highest BCUT2D eigenvalue weighted by Gasteiger charge is 2.16. The summed E-state index contributed by atoms with van der Waals surface area (Å²) >= 11 is 1.60. The Morgan fingerprint density at radius 2 is 2.20 bits per heavy atom. The lowest BCUT2D eigenvalue weighted by molar-refractivity contribution is 0.00988. The van der Waals surface area contributed by atoms with Gasteiger partial charge in [-0.15, -0.1) is 10.2 Å². The third-order valence-electron chi connectivity index (χ3n) is 3.18. The molecule has 1 N–H and O–H groups in total. The second-order valence-electron chi connectivity index (χ2n) is 4.75. The molecule has 0 aromatic carbocycles. The van der Waals surface area contributed by atoms with Crippen LogP contribution in [0.15, 0.2) is 16.8 Å². The van der Waals surface area contributed by atoms with Crippen molar-refractivity contribution in [1.82, 2.24) is 25.1 Å². The van der Waals surface area contributed by atoms with Gasteiger partial charge >= 0.3 is 0 Å². The van der Waals surface area contributed by atoms with Crippen LogP contribution < -0.4 is 0 Å². The van der Waals surface area contributed by atoms with Crippen molar-refractivity contribution in [2.45, 2.75) is 12.6 Å². The molecular weight excluding hydrogens is 278 g/mol. The smallest absolute Gasteiger partial charge is 0.205 e. The number of ether oxygens (including phenoxy) is 1. The van der Waals surface area contributed by atoms with Gasteiger partial charge in [-0.2, -0.15) is 16.1 Å². The molecule has 0 aliphatic carbocycles. The van der Waals surface area contributed by atoms with E-state index in [9.17, 15) is 5.11 Å². The van der Waals surface area contributed by atoms with Gasteiger partial charge in [-0.25, -0.2) is 0 Å². The molecule has 1 saturated heterocycles.